The van der Waals surface area contributed by atoms with Crippen molar-refractivity contribution in [2.24, 2.45) is 0 Å². The lowest BCUT2D eigenvalue weighted by atomic mass is 10.3. The van der Waals surface area contributed by atoms with Crippen molar-refractivity contribution in [2.45, 2.75) is 11.0 Å². The first-order chi connectivity index (χ1) is 9.51. The zero-order valence-electron chi connectivity index (χ0n) is 11.7. The minimum absolute atomic E-state index is 0.122. The van der Waals surface area contributed by atoms with Crippen LogP contribution in [0.3, 0.4) is 0 Å². The monoisotopic (exact) mass is 300 g/mol. The highest BCUT2D eigenvalue weighted by Crippen LogP contribution is 2.11. The van der Waals surface area contributed by atoms with Gasteiger partial charge >= 0.3 is 0 Å². The zero-order chi connectivity index (χ0) is 14.6. The number of likely N-dealkylation sites (N-methyl/N-ethyl adjacent to an activating group) is 1. The van der Waals surface area contributed by atoms with Crippen LogP contribution in [-0.2, 0) is 14.8 Å². The number of pyridine rings is 1. The number of nitrogens with one attached hydrogen (secondary N) is 2. The molecule has 1 aromatic heterocycles. The van der Waals surface area contributed by atoms with Gasteiger partial charge in [0.25, 0.3) is 0 Å². The number of hydrogen-bond acceptors (Lipinski definition) is 6. The van der Waals surface area contributed by atoms with Crippen LogP contribution in [0.25, 0.3) is 0 Å². The summed E-state index contributed by atoms with van der Waals surface area (Å²) in [7, 11) is 0.00482. The first-order valence-corrected chi connectivity index (χ1v) is 7.93. The lowest BCUT2D eigenvalue weighted by Gasteiger charge is -2.30. The molecule has 0 aliphatic carbocycles. The maximum atomic E-state index is 11.6. The maximum Gasteiger partial charge on any atom is 0.241 e. The Balaban J connectivity index is 1.91. The van der Waals surface area contributed by atoms with Gasteiger partial charge in [0.15, 0.2) is 0 Å². The van der Waals surface area contributed by atoms with Gasteiger partial charge < -0.3 is 15.0 Å². The Labute approximate surface area is 119 Å². The topological polar surface area (TPSA) is 83.6 Å². The lowest BCUT2D eigenvalue weighted by molar-refractivity contribution is -0.0117. The largest absolute Gasteiger partial charge is 0.374 e. The van der Waals surface area contributed by atoms with Gasteiger partial charge in [0, 0.05) is 25.8 Å². The van der Waals surface area contributed by atoms with Crippen molar-refractivity contribution in [3.05, 3.63) is 18.3 Å². The third kappa shape index (κ3) is 3.89. The molecule has 1 aromatic rings. The fourth-order valence-electron chi connectivity index (χ4n) is 1.97. The number of anilines is 1. The van der Waals surface area contributed by atoms with Crippen LogP contribution in [-0.4, -0.2) is 64.7 Å². The maximum absolute atomic E-state index is 11.6. The lowest BCUT2D eigenvalue weighted by Crippen LogP contribution is -2.43. The summed E-state index contributed by atoms with van der Waals surface area (Å²) in [5.41, 5.74) is 0. The molecule has 1 unspecified atom stereocenters. The highest BCUT2D eigenvalue weighted by molar-refractivity contribution is 7.89. The molecule has 0 bridgehead atoms. The van der Waals surface area contributed by atoms with Gasteiger partial charge in [-0.25, -0.2) is 18.1 Å². The van der Waals surface area contributed by atoms with E-state index in [-0.39, 0.29) is 11.0 Å². The van der Waals surface area contributed by atoms with E-state index < -0.39 is 10.0 Å². The number of hydrogen-bond donors (Lipinski definition) is 2. The summed E-state index contributed by atoms with van der Waals surface area (Å²) < 4.78 is 31.0. The summed E-state index contributed by atoms with van der Waals surface area (Å²) in [5.74, 6) is 0.636. The predicted molar refractivity (Wildman–Crippen MR) is 76.2 cm³/mol. The van der Waals surface area contributed by atoms with E-state index in [1.807, 2.05) is 0 Å². The van der Waals surface area contributed by atoms with Crippen molar-refractivity contribution in [1.82, 2.24) is 14.6 Å². The van der Waals surface area contributed by atoms with Crippen LogP contribution in [0.5, 0.6) is 0 Å². The number of rotatable bonds is 5. The Hall–Kier alpha value is -1.22. The normalized spacial score (nSPS) is 20.8. The van der Waals surface area contributed by atoms with Gasteiger partial charge in [-0.05, 0) is 26.2 Å². The molecule has 2 N–H and O–H groups in total. The summed E-state index contributed by atoms with van der Waals surface area (Å²) in [6.45, 7) is 3.20. The van der Waals surface area contributed by atoms with Crippen molar-refractivity contribution >= 4 is 15.8 Å². The van der Waals surface area contributed by atoms with Crippen molar-refractivity contribution in [3.63, 3.8) is 0 Å². The van der Waals surface area contributed by atoms with Crippen LogP contribution >= 0.6 is 0 Å². The smallest absolute Gasteiger partial charge is 0.241 e. The quantitative estimate of drug-likeness (QED) is 0.779. The third-order valence-electron chi connectivity index (χ3n) is 3.17. The standard InChI is InChI=1S/C12H20N4O3S/c1-13-20(17,18)11-3-4-12(15-8-11)14-7-10-9-16(2)5-6-19-10/h3-4,8,10,13H,5-7,9H2,1-2H3,(H,14,15). The minimum atomic E-state index is -3.43. The number of aromatic nitrogens is 1. The molecule has 1 fully saturated rings. The van der Waals surface area contributed by atoms with Crippen LogP contribution in [0.1, 0.15) is 0 Å². The summed E-state index contributed by atoms with van der Waals surface area (Å²) in [4.78, 5) is 6.46. The van der Waals surface area contributed by atoms with Gasteiger partial charge in [-0.3, -0.25) is 0 Å². The van der Waals surface area contributed by atoms with E-state index in [0.717, 1.165) is 19.7 Å². The van der Waals surface area contributed by atoms with Crippen molar-refractivity contribution in [1.29, 1.82) is 0 Å². The molecule has 1 aliphatic heterocycles. The molecule has 1 atom stereocenters. The van der Waals surface area contributed by atoms with Crippen LogP contribution < -0.4 is 10.0 Å². The first kappa shape index (κ1) is 15.2. The van der Waals surface area contributed by atoms with E-state index >= 15 is 0 Å². The summed E-state index contributed by atoms with van der Waals surface area (Å²) in [5, 5.41) is 3.15. The molecule has 112 valence electrons. The van der Waals surface area contributed by atoms with Crippen molar-refractivity contribution in [2.75, 3.05) is 45.7 Å². The van der Waals surface area contributed by atoms with Gasteiger partial charge in [0.1, 0.15) is 10.7 Å². The molecule has 0 radical (unpaired) electrons. The molecule has 2 heterocycles. The van der Waals surface area contributed by atoms with Gasteiger partial charge in [0.05, 0.1) is 12.7 Å². The number of morpholine rings is 1. The number of ether oxygens (including phenoxy) is 1. The molecule has 2 rings (SSSR count). The van der Waals surface area contributed by atoms with Crippen LogP contribution in [0, 0.1) is 0 Å². The molecule has 20 heavy (non-hydrogen) atoms. The van der Waals surface area contributed by atoms with Crippen LogP contribution in [0.4, 0.5) is 5.82 Å². The van der Waals surface area contributed by atoms with Gasteiger partial charge in [0.2, 0.25) is 10.0 Å². The molecule has 0 amide bonds. The number of sulfonamides is 1. The molecular formula is C12H20N4O3S. The minimum Gasteiger partial charge on any atom is -0.374 e. The highest BCUT2D eigenvalue weighted by atomic mass is 32.2. The summed E-state index contributed by atoms with van der Waals surface area (Å²) in [6.07, 6.45) is 1.46. The van der Waals surface area contributed by atoms with E-state index in [2.05, 4.69) is 27.0 Å². The average Bonchev–Trinajstić information content (AvgIpc) is 2.46. The Morgan fingerprint density at radius 2 is 2.30 bits per heavy atom. The molecule has 1 aliphatic rings. The fourth-order valence-corrected chi connectivity index (χ4v) is 2.64. The molecule has 0 spiro atoms. The van der Waals surface area contributed by atoms with E-state index in [1.54, 1.807) is 6.07 Å². The van der Waals surface area contributed by atoms with Crippen LogP contribution in [0.2, 0.25) is 0 Å². The van der Waals surface area contributed by atoms with E-state index in [4.69, 9.17) is 4.74 Å². The average molecular weight is 300 g/mol. The Bertz CT molecular complexity index is 532. The zero-order valence-corrected chi connectivity index (χ0v) is 12.5. The Kier molecular flexibility index (Phi) is 4.92. The molecular weight excluding hydrogens is 280 g/mol. The predicted octanol–water partition coefficient (Wildman–Crippen LogP) is -0.268. The van der Waals surface area contributed by atoms with Crippen LogP contribution in [0.15, 0.2) is 23.2 Å². The summed E-state index contributed by atoms with van der Waals surface area (Å²) in [6, 6.07) is 3.17. The van der Waals surface area contributed by atoms with E-state index in [9.17, 15) is 8.42 Å². The van der Waals surface area contributed by atoms with Gasteiger partial charge in [-0.2, -0.15) is 0 Å². The second-order valence-corrected chi connectivity index (χ2v) is 6.61. The van der Waals surface area contributed by atoms with E-state index in [0.29, 0.717) is 12.4 Å². The molecule has 1 saturated heterocycles. The number of nitrogens with zero attached hydrogens (tertiary/aromatic N) is 2. The van der Waals surface area contributed by atoms with Crippen molar-refractivity contribution in [3.8, 4) is 0 Å². The molecule has 7 nitrogen and oxygen atoms in total. The van der Waals surface area contributed by atoms with Crippen molar-refractivity contribution < 1.29 is 13.2 Å². The highest BCUT2D eigenvalue weighted by Gasteiger charge is 2.17. The molecule has 8 heteroatoms. The Morgan fingerprint density at radius 3 is 2.90 bits per heavy atom. The Morgan fingerprint density at radius 1 is 1.50 bits per heavy atom. The molecule has 0 saturated carbocycles. The third-order valence-corrected chi connectivity index (χ3v) is 4.57. The van der Waals surface area contributed by atoms with E-state index in [1.165, 1.54) is 19.3 Å². The van der Waals surface area contributed by atoms with Gasteiger partial charge in [-0.15, -0.1) is 0 Å². The second kappa shape index (κ2) is 6.49. The first-order valence-electron chi connectivity index (χ1n) is 6.45. The SMILES string of the molecule is CNS(=O)(=O)c1ccc(NCC2CN(C)CCO2)nc1. The molecule has 0 aromatic carbocycles. The van der Waals surface area contributed by atoms with Gasteiger partial charge in [-0.1, -0.05) is 0 Å². The summed E-state index contributed by atoms with van der Waals surface area (Å²) >= 11 is 0. The fraction of sp³-hybridized carbons (Fsp3) is 0.583. The second-order valence-electron chi connectivity index (χ2n) is 4.72.